The molecule has 1 heterocycles. The molecule has 1 saturated carbocycles. The average molecular weight is 250 g/mol. The smallest absolute Gasteiger partial charge is 0.122 e. The number of likely N-dealkylation sites (N-methyl/N-ethyl adjacent to an activating group) is 1. The van der Waals surface area contributed by atoms with Crippen LogP contribution in [0.3, 0.4) is 0 Å². The van der Waals surface area contributed by atoms with Crippen LogP contribution < -0.4 is 5.73 Å². The first-order chi connectivity index (χ1) is 8.61. The molecule has 18 heavy (non-hydrogen) atoms. The maximum Gasteiger partial charge on any atom is 0.122 e. The summed E-state index contributed by atoms with van der Waals surface area (Å²) in [5, 5.41) is 0. The highest BCUT2D eigenvalue weighted by atomic mass is 16.3. The van der Waals surface area contributed by atoms with Crippen molar-refractivity contribution in [3.8, 4) is 0 Å². The molecular weight excluding hydrogens is 224 g/mol. The van der Waals surface area contributed by atoms with Crippen LogP contribution in [0.15, 0.2) is 22.8 Å². The van der Waals surface area contributed by atoms with Crippen LogP contribution in [0.4, 0.5) is 0 Å². The maximum atomic E-state index is 6.18. The van der Waals surface area contributed by atoms with Gasteiger partial charge in [0.05, 0.1) is 12.3 Å². The number of nitrogens with two attached hydrogens (primary N) is 1. The Labute approximate surface area is 110 Å². The molecule has 0 bridgehead atoms. The van der Waals surface area contributed by atoms with Gasteiger partial charge in [0.25, 0.3) is 0 Å². The first kappa shape index (κ1) is 13.6. The number of furan rings is 1. The Hall–Kier alpha value is -0.800. The Bertz CT molecular complexity index is 347. The third-order valence-electron chi connectivity index (χ3n) is 4.36. The molecule has 0 radical (unpaired) electrons. The molecule has 0 spiro atoms. The summed E-state index contributed by atoms with van der Waals surface area (Å²) in [7, 11) is 2.20. The zero-order chi connectivity index (χ0) is 13.1. The van der Waals surface area contributed by atoms with E-state index in [1.165, 1.54) is 25.7 Å². The minimum Gasteiger partial charge on any atom is -0.468 e. The lowest BCUT2D eigenvalue weighted by atomic mass is 9.84. The van der Waals surface area contributed by atoms with Crippen molar-refractivity contribution in [1.29, 1.82) is 0 Å². The second kappa shape index (κ2) is 5.89. The van der Waals surface area contributed by atoms with Gasteiger partial charge in [0.2, 0.25) is 0 Å². The van der Waals surface area contributed by atoms with E-state index in [1.54, 1.807) is 6.26 Å². The number of rotatable bonds is 4. The Kier molecular flexibility index (Phi) is 4.46. The largest absolute Gasteiger partial charge is 0.468 e. The summed E-state index contributed by atoms with van der Waals surface area (Å²) in [6, 6.07) is 4.88. The summed E-state index contributed by atoms with van der Waals surface area (Å²) in [5.74, 6) is 1.74. The Morgan fingerprint density at radius 2 is 2.11 bits per heavy atom. The summed E-state index contributed by atoms with van der Waals surface area (Å²) in [6.07, 6.45) is 7.06. The van der Waals surface area contributed by atoms with Crippen molar-refractivity contribution >= 4 is 0 Å². The van der Waals surface area contributed by atoms with E-state index < -0.39 is 0 Å². The van der Waals surface area contributed by atoms with Gasteiger partial charge >= 0.3 is 0 Å². The van der Waals surface area contributed by atoms with Crippen molar-refractivity contribution in [1.82, 2.24) is 4.90 Å². The lowest BCUT2D eigenvalue weighted by molar-refractivity contribution is 0.0752. The minimum atomic E-state index is 0.0790. The first-order valence-electron chi connectivity index (χ1n) is 7.12. The second-order valence-electron chi connectivity index (χ2n) is 5.81. The molecule has 0 saturated heterocycles. The topological polar surface area (TPSA) is 42.4 Å². The molecule has 0 aliphatic heterocycles. The monoisotopic (exact) mass is 250 g/mol. The third-order valence-corrected chi connectivity index (χ3v) is 4.36. The first-order valence-corrected chi connectivity index (χ1v) is 7.12. The zero-order valence-electron chi connectivity index (χ0n) is 11.8. The van der Waals surface area contributed by atoms with Gasteiger partial charge in [-0.15, -0.1) is 0 Å². The molecule has 1 fully saturated rings. The molecule has 3 nitrogen and oxygen atoms in total. The van der Waals surface area contributed by atoms with Crippen molar-refractivity contribution in [3.63, 3.8) is 0 Å². The summed E-state index contributed by atoms with van der Waals surface area (Å²) >= 11 is 0. The van der Waals surface area contributed by atoms with Crippen molar-refractivity contribution in [2.24, 2.45) is 11.7 Å². The molecule has 1 aromatic heterocycles. The van der Waals surface area contributed by atoms with Crippen molar-refractivity contribution in [2.45, 2.75) is 57.7 Å². The van der Waals surface area contributed by atoms with Crippen LogP contribution in [-0.4, -0.2) is 24.0 Å². The van der Waals surface area contributed by atoms with Gasteiger partial charge in [0.1, 0.15) is 5.76 Å². The highest BCUT2D eigenvalue weighted by Crippen LogP contribution is 2.33. The lowest BCUT2D eigenvalue weighted by Gasteiger charge is -2.41. The Morgan fingerprint density at radius 1 is 1.39 bits per heavy atom. The standard InChI is InChI=1S/C15H26N2O/c1-11-7-4-5-8-13(11)17(3)15(12(2)16)14-9-6-10-18-14/h6,9-13,15H,4-5,7-8,16H2,1-3H3. The van der Waals surface area contributed by atoms with E-state index >= 15 is 0 Å². The van der Waals surface area contributed by atoms with E-state index in [9.17, 15) is 0 Å². The van der Waals surface area contributed by atoms with Crippen molar-refractivity contribution in [3.05, 3.63) is 24.2 Å². The molecular formula is C15H26N2O. The lowest BCUT2D eigenvalue weighted by Crippen LogP contribution is -2.46. The summed E-state index contributed by atoms with van der Waals surface area (Å²) in [4.78, 5) is 2.44. The molecule has 1 aliphatic carbocycles. The van der Waals surface area contributed by atoms with Crippen LogP contribution in [0, 0.1) is 5.92 Å². The fraction of sp³-hybridized carbons (Fsp3) is 0.733. The van der Waals surface area contributed by atoms with Crippen molar-refractivity contribution < 1.29 is 4.42 Å². The Balaban J connectivity index is 2.15. The normalized spacial score (nSPS) is 28.3. The molecule has 1 aliphatic rings. The fourth-order valence-electron chi connectivity index (χ4n) is 3.40. The Morgan fingerprint density at radius 3 is 2.67 bits per heavy atom. The van der Waals surface area contributed by atoms with E-state index in [2.05, 4.69) is 25.8 Å². The molecule has 1 aromatic rings. The predicted molar refractivity (Wildman–Crippen MR) is 74.3 cm³/mol. The van der Waals surface area contributed by atoms with Gasteiger partial charge < -0.3 is 10.2 Å². The van der Waals surface area contributed by atoms with E-state index in [1.807, 2.05) is 12.1 Å². The van der Waals surface area contributed by atoms with Crippen LogP contribution in [0.25, 0.3) is 0 Å². The maximum absolute atomic E-state index is 6.18. The van der Waals surface area contributed by atoms with Crippen LogP contribution >= 0.6 is 0 Å². The molecule has 2 rings (SSSR count). The highest BCUT2D eigenvalue weighted by Gasteiger charge is 2.32. The third kappa shape index (κ3) is 2.78. The summed E-state index contributed by atoms with van der Waals surface area (Å²) in [6.45, 7) is 4.43. The molecule has 2 N–H and O–H groups in total. The van der Waals surface area contributed by atoms with Crippen LogP contribution in [0.2, 0.25) is 0 Å². The van der Waals surface area contributed by atoms with Crippen molar-refractivity contribution in [2.75, 3.05) is 7.05 Å². The molecule has 4 atom stereocenters. The van der Waals surface area contributed by atoms with E-state index in [4.69, 9.17) is 10.2 Å². The molecule has 4 unspecified atom stereocenters. The van der Waals surface area contributed by atoms with Gasteiger partial charge in [-0.2, -0.15) is 0 Å². The number of hydrogen-bond acceptors (Lipinski definition) is 3. The fourth-order valence-corrected chi connectivity index (χ4v) is 3.40. The molecule has 102 valence electrons. The number of hydrogen-bond donors (Lipinski definition) is 1. The van der Waals surface area contributed by atoms with Crippen LogP contribution in [0.1, 0.15) is 51.3 Å². The van der Waals surface area contributed by atoms with Gasteiger partial charge in [0.15, 0.2) is 0 Å². The average Bonchev–Trinajstić information content (AvgIpc) is 2.82. The molecule has 0 aromatic carbocycles. The van der Waals surface area contributed by atoms with Gasteiger partial charge in [-0.25, -0.2) is 0 Å². The summed E-state index contributed by atoms with van der Waals surface area (Å²) in [5.41, 5.74) is 6.18. The SMILES string of the molecule is CC(N)C(c1ccco1)N(C)C1CCCCC1C. The van der Waals surface area contributed by atoms with Crippen LogP contribution in [0.5, 0.6) is 0 Å². The molecule has 3 heteroatoms. The summed E-state index contributed by atoms with van der Waals surface area (Å²) < 4.78 is 5.58. The zero-order valence-corrected chi connectivity index (χ0v) is 11.8. The predicted octanol–water partition coefficient (Wildman–Crippen LogP) is 3.18. The minimum absolute atomic E-state index is 0.0790. The quantitative estimate of drug-likeness (QED) is 0.892. The molecule has 0 amide bonds. The van der Waals surface area contributed by atoms with Gasteiger partial charge in [0, 0.05) is 12.1 Å². The van der Waals surface area contributed by atoms with E-state index in [0.717, 1.165) is 11.7 Å². The van der Waals surface area contributed by atoms with Gasteiger partial charge in [-0.3, -0.25) is 4.90 Å². The second-order valence-corrected chi connectivity index (χ2v) is 5.81. The van der Waals surface area contributed by atoms with Gasteiger partial charge in [-0.1, -0.05) is 19.8 Å². The number of nitrogens with zero attached hydrogens (tertiary/aromatic N) is 1. The highest BCUT2D eigenvalue weighted by molar-refractivity contribution is 5.08. The van der Waals surface area contributed by atoms with Crippen LogP contribution in [-0.2, 0) is 0 Å². The van der Waals surface area contributed by atoms with Gasteiger partial charge in [-0.05, 0) is 44.9 Å². The van der Waals surface area contributed by atoms with E-state index in [-0.39, 0.29) is 12.1 Å². The van der Waals surface area contributed by atoms with E-state index in [0.29, 0.717) is 6.04 Å².